The summed E-state index contributed by atoms with van der Waals surface area (Å²) in [6.07, 6.45) is 0. The molecule has 0 bridgehead atoms. The molecule has 0 aromatic heterocycles. The zero-order valence-corrected chi connectivity index (χ0v) is 11.1. The maximum absolute atomic E-state index is 11.7. The van der Waals surface area contributed by atoms with Crippen molar-refractivity contribution in [3.63, 3.8) is 0 Å². The van der Waals surface area contributed by atoms with Gasteiger partial charge in [0, 0.05) is 18.1 Å². The van der Waals surface area contributed by atoms with Gasteiger partial charge in [0.05, 0.1) is 6.54 Å². The first-order chi connectivity index (χ1) is 8.04. The van der Waals surface area contributed by atoms with Gasteiger partial charge < -0.3 is 10.6 Å². The van der Waals surface area contributed by atoms with E-state index in [-0.39, 0.29) is 12.5 Å². The third kappa shape index (κ3) is 4.36. The molecule has 0 saturated carbocycles. The van der Waals surface area contributed by atoms with Crippen LogP contribution in [0.25, 0.3) is 0 Å². The number of rotatable bonds is 5. The molecule has 4 heteroatoms. The predicted octanol–water partition coefficient (Wildman–Crippen LogP) is 2.28. The molecule has 1 amide bonds. The van der Waals surface area contributed by atoms with Crippen LogP contribution in [0, 0.1) is 5.92 Å². The van der Waals surface area contributed by atoms with Gasteiger partial charge in [-0.3, -0.25) is 4.79 Å². The number of carbonyl (C=O) groups is 1. The SMILES string of the molecule is CC(C)CN(Cc1ccccc1Cl)C(=O)CN. The Morgan fingerprint density at radius 2 is 2.06 bits per heavy atom. The molecule has 1 aromatic carbocycles. The second kappa shape index (κ2) is 6.62. The van der Waals surface area contributed by atoms with Crippen LogP contribution in [0.1, 0.15) is 19.4 Å². The smallest absolute Gasteiger partial charge is 0.236 e. The van der Waals surface area contributed by atoms with Crippen molar-refractivity contribution in [1.29, 1.82) is 0 Å². The van der Waals surface area contributed by atoms with Crippen LogP contribution >= 0.6 is 11.6 Å². The fourth-order valence-corrected chi connectivity index (χ4v) is 1.85. The van der Waals surface area contributed by atoms with E-state index in [1.165, 1.54) is 0 Å². The summed E-state index contributed by atoms with van der Waals surface area (Å²) in [4.78, 5) is 13.5. The van der Waals surface area contributed by atoms with Crippen LogP contribution in [0.4, 0.5) is 0 Å². The number of halogens is 1. The lowest BCUT2D eigenvalue weighted by Gasteiger charge is -2.24. The monoisotopic (exact) mass is 254 g/mol. The fraction of sp³-hybridized carbons (Fsp3) is 0.462. The average Bonchev–Trinajstić information content (AvgIpc) is 2.29. The highest BCUT2D eigenvalue weighted by atomic mass is 35.5. The van der Waals surface area contributed by atoms with Gasteiger partial charge in [-0.1, -0.05) is 43.6 Å². The molecule has 3 nitrogen and oxygen atoms in total. The second-order valence-electron chi connectivity index (χ2n) is 4.46. The summed E-state index contributed by atoms with van der Waals surface area (Å²) < 4.78 is 0. The van der Waals surface area contributed by atoms with Gasteiger partial charge in [-0.25, -0.2) is 0 Å². The van der Waals surface area contributed by atoms with Crippen LogP contribution in [0.15, 0.2) is 24.3 Å². The first-order valence-electron chi connectivity index (χ1n) is 5.75. The molecule has 0 unspecified atom stereocenters. The van der Waals surface area contributed by atoms with Gasteiger partial charge in [0.2, 0.25) is 5.91 Å². The normalized spacial score (nSPS) is 10.6. The number of nitrogens with two attached hydrogens (primary N) is 1. The molecule has 94 valence electrons. The van der Waals surface area contributed by atoms with E-state index in [2.05, 4.69) is 13.8 Å². The summed E-state index contributed by atoms with van der Waals surface area (Å²) in [6.45, 7) is 5.40. The lowest BCUT2D eigenvalue weighted by Crippen LogP contribution is -2.38. The van der Waals surface area contributed by atoms with Crippen molar-refractivity contribution in [2.75, 3.05) is 13.1 Å². The van der Waals surface area contributed by atoms with E-state index in [1.54, 1.807) is 4.90 Å². The second-order valence-corrected chi connectivity index (χ2v) is 4.87. The molecule has 0 fully saturated rings. The number of hydrogen-bond acceptors (Lipinski definition) is 2. The molecule has 0 spiro atoms. The van der Waals surface area contributed by atoms with Crippen LogP contribution in [-0.4, -0.2) is 23.9 Å². The van der Waals surface area contributed by atoms with Crippen molar-refractivity contribution in [3.05, 3.63) is 34.9 Å². The lowest BCUT2D eigenvalue weighted by molar-refractivity contribution is -0.130. The summed E-state index contributed by atoms with van der Waals surface area (Å²) in [5.41, 5.74) is 6.37. The molecule has 17 heavy (non-hydrogen) atoms. The molecular formula is C13H19ClN2O. The molecular weight excluding hydrogens is 236 g/mol. The summed E-state index contributed by atoms with van der Waals surface area (Å²) in [6, 6.07) is 7.56. The van der Waals surface area contributed by atoms with Gasteiger partial charge in [-0.2, -0.15) is 0 Å². The maximum Gasteiger partial charge on any atom is 0.236 e. The van der Waals surface area contributed by atoms with E-state index in [0.717, 1.165) is 5.56 Å². The minimum Gasteiger partial charge on any atom is -0.337 e. The van der Waals surface area contributed by atoms with Crippen molar-refractivity contribution in [1.82, 2.24) is 4.90 Å². The van der Waals surface area contributed by atoms with Crippen LogP contribution in [0.3, 0.4) is 0 Å². The number of nitrogens with zero attached hydrogens (tertiary/aromatic N) is 1. The van der Waals surface area contributed by atoms with Gasteiger partial charge in [0.15, 0.2) is 0 Å². The Balaban J connectivity index is 2.79. The zero-order valence-electron chi connectivity index (χ0n) is 10.3. The molecule has 2 N–H and O–H groups in total. The van der Waals surface area contributed by atoms with Crippen molar-refractivity contribution in [2.24, 2.45) is 11.7 Å². The van der Waals surface area contributed by atoms with Crippen LogP contribution in [0.2, 0.25) is 5.02 Å². The Hall–Kier alpha value is -1.06. The lowest BCUT2D eigenvalue weighted by atomic mass is 10.1. The highest BCUT2D eigenvalue weighted by molar-refractivity contribution is 6.31. The minimum atomic E-state index is -0.0429. The Bertz CT molecular complexity index is 379. The molecule has 1 rings (SSSR count). The van der Waals surface area contributed by atoms with E-state index in [1.807, 2.05) is 24.3 Å². The average molecular weight is 255 g/mol. The fourth-order valence-electron chi connectivity index (χ4n) is 1.66. The third-order valence-corrected chi connectivity index (χ3v) is 2.80. The zero-order chi connectivity index (χ0) is 12.8. The van der Waals surface area contributed by atoms with Crippen LogP contribution in [0.5, 0.6) is 0 Å². The molecule has 1 aromatic rings. The van der Waals surface area contributed by atoms with Crippen LogP contribution < -0.4 is 5.73 Å². The van der Waals surface area contributed by atoms with Crippen molar-refractivity contribution < 1.29 is 4.79 Å². The number of amides is 1. The number of hydrogen-bond donors (Lipinski definition) is 1. The van der Waals surface area contributed by atoms with E-state index in [4.69, 9.17) is 17.3 Å². The van der Waals surface area contributed by atoms with Crippen LogP contribution in [-0.2, 0) is 11.3 Å². The first-order valence-corrected chi connectivity index (χ1v) is 6.13. The van der Waals surface area contributed by atoms with E-state index >= 15 is 0 Å². The standard InChI is InChI=1S/C13H19ClN2O/c1-10(2)8-16(13(17)7-15)9-11-5-3-4-6-12(11)14/h3-6,10H,7-9,15H2,1-2H3. The van der Waals surface area contributed by atoms with Crippen molar-refractivity contribution in [2.45, 2.75) is 20.4 Å². The minimum absolute atomic E-state index is 0.0389. The molecule has 0 heterocycles. The highest BCUT2D eigenvalue weighted by Crippen LogP contribution is 2.17. The Morgan fingerprint density at radius 1 is 1.41 bits per heavy atom. The van der Waals surface area contributed by atoms with E-state index < -0.39 is 0 Å². The maximum atomic E-state index is 11.7. The van der Waals surface area contributed by atoms with Gasteiger partial charge in [-0.15, -0.1) is 0 Å². The molecule has 0 radical (unpaired) electrons. The quantitative estimate of drug-likeness (QED) is 0.876. The molecule has 0 aliphatic heterocycles. The number of benzene rings is 1. The topological polar surface area (TPSA) is 46.3 Å². The summed E-state index contributed by atoms with van der Waals surface area (Å²) in [5, 5.41) is 0.686. The van der Waals surface area contributed by atoms with Crippen molar-refractivity contribution >= 4 is 17.5 Å². The molecule has 0 atom stereocenters. The van der Waals surface area contributed by atoms with Gasteiger partial charge >= 0.3 is 0 Å². The third-order valence-electron chi connectivity index (χ3n) is 2.43. The Kier molecular flexibility index (Phi) is 5.45. The molecule has 0 aliphatic carbocycles. The van der Waals surface area contributed by atoms with Gasteiger partial charge in [0.1, 0.15) is 0 Å². The van der Waals surface area contributed by atoms with Gasteiger partial charge in [-0.05, 0) is 17.5 Å². The summed E-state index contributed by atoms with van der Waals surface area (Å²) in [5.74, 6) is 0.367. The largest absolute Gasteiger partial charge is 0.337 e. The summed E-state index contributed by atoms with van der Waals surface area (Å²) >= 11 is 6.08. The van der Waals surface area contributed by atoms with E-state index in [9.17, 15) is 4.79 Å². The van der Waals surface area contributed by atoms with E-state index in [0.29, 0.717) is 24.0 Å². The molecule has 0 aliphatic rings. The number of carbonyl (C=O) groups excluding carboxylic acids is 1. The summed E-state index contributed by atoms with van der Waals surface area (Å²) in [7, 11) is 0. The predicted molar refractivity (Wildman–Crippen MR) is 70.8 cm³/mol. The van der Waals surface area contributed by atoms with Crippen molar-refractivity contribution in [3.8, 4) is 0 Å². The first kappa shape index (κ1) is 14.0. The molecule has 0 saturated heterocycles. The highest BCUT2D eigenvalue weighted by Gasteiger charge is 2.14. The van der Waals surface area contributed by atoms with Gasteiger partial charge in [0.25, 0.3) is 0 Å². The Labute approximate surface area is 108 Å². The Morgan fingerprint density at radius 3 is 2.59 bits per heavy atom.